The molecule has 0 aliphatic heterocycles. The SMILES string of the molecule is Cc1oc(CN(C)C(=O)c2cccn2C)cc1C(=O)O. The highest BCUT2D eigenvalue weighted by molar-refractivity contribution is 5.92. The summed E-state index contributed by atoms with van der Waals surface area (Å²) in [4.78, 5) is 24.6. The molecule has 6 heteroatoms. The van der Waals surface area contributed by atoms with Crippen molar-refractivity contribution in [2.45, 2.75) is 13.5 Å². The maximum atomic E-state index is 12.2. The van der Waals surface area contributed by atoms with Gasteiger partial charge in [0.15, 0.2) is 0 Å². The summed E-state index contributed by atoms with van der Waals surface area (Å²) in [6.45, 7) is 1.81. The number of aryl methyl sites for hydroxylation is 2. The summed E-state index contributed by atoms with van der Waals surface area (Å²) < 4.78 is 7.09. The van der Waals surface area contributed by atoms with Gasteiger partial charge in [-0.3, -0.25) is 4.79 Å². The largest absolute Gasteiger partial charge is 0.478 e. The highest BCUT2D eigenvalue weighted by atomic mass is 16.4. The van der Waals surface area contributed by atoms with E-state index < -0.39 is 5.97 Å². The first-order chi connectivity index (χ1) is 9.40. The zero-order chi connectivity index (χ0) is 14.9. The molecule has 0 aliphatic rings. The van der Waals surface area contributed by atoms with Gasteiger partial charge in [0, 0.05) is 20.3 Å². The number of nitrogens with zero attached hydrogens (tertiary/aromatic N) is 2. The van der Waals surface area contributed by atoms with Crippen LogP contribution in [0, 0.1) is 6.92 Å². The number of rotatable bonds is 4. The number of carbonyl (C=O) groups excluding carboxylic acids is 1. The van der Waals surface area contributed by atoms with E-state index in [1.54, 1.807) is 43.9 Å². The van der Waals surface area contributed by atoms with Crippen LogP contribution in [0.25, 0.3) is 0 Å². The Kier molecular flexibility index (Phi) is 3.65. The third-order valence-electron chi connectivity index (χ3n) is 3.10. The number of hydrogen-bond donors (Lipinski definition) is 1. The van der Waals surface area contributed by atoms with E-state index in [2.05, 4.69) is 0 Å². The first-order valence-corrected chi connectivity index (χ1v) is 6.09. The second-order valence-electron chi connectivity index (χ2n) is 4.65. The van der Waals surface area contributed by atoms with Crippen molar-refractivity contribution in [2.75, 3.05) is 7.05 Å². The van der Waals surface area contributed by atoms with Gasteiger partial charge in [-0.05, 0) is 25.1 Å². The van der Waals surface area contributed by atoms with Crippen molar-refractivity contribution in [3.63, 3.8) is 0 Å². The molecule has 0 fully saturated rings. The number of amides is 1. The number of hydrogen-bond acceptors (Lipinski definition) is 3. The predicted octanol–water partition coefficient (Wildman–Crippen LogP) is 1.90. The molecule has 0 bridgehead atoms. The Balaban J connectivity index is 2.14. The van der Waals surface area contributed by atoms with E-state index in [-0.39, 0.29) is 18.0 Å². The quantitative estimate of drug-likeness (QED) is 0.925. The Labute approximate surface area is 116 Å². The van der Waals surface area contributed by atoms with E-state index in [0.29, 0.717) is 17.2 Å². The van der Waals surface area contributed by atoms with Crippen molar-refractivity contribution in [3.8, 4) is 0 Å². The number of carboxylic acid groups (broad SMARTS) is 1. The van der Waals surface area contributed by atoms with E-state index in [1.165, 1.54) is 11.0 Å². The minimum atomic E-state index is -1.03. The Morgan fingerprint density at radius 3 is 2.65 bits per heavy atom. The van der Waals surface area contributed by atoms with E-state index >= 15 is 0 Å². The lowest BCUT2D eigenvalue weighted by molar-refractivity contribution is 0.0694. The second kappa shape index (κ2) is 5.24. The van der Waals surface area contributed by atoms with Crippen LogP contribution < -0.4 is 0 Å². The molecule has 0 saturated carbocycles. The van der Waals surface area contributed by atoms with Gasteiger partial charge in [-0.1, -0.05) is 0 Å². The zero-order valence-electron chi connectivity index (χ0n) is 11.6. The smallest absolute Gasteiger partial charge is 0.339 e. The van der Waals surface area contributed by atoms with Crippen LogP contribution in [0.3, 0.4) is 0 Å². The lowest BCUT2D eigenvalue weighted by Gasteiger charge is -2.16. The number of carboxylic acids is 1. The molecule has 0 atom stereocenters. The monoisotopic (exact) mass is 276 g/mol. The normalized spacial score (nSPS) is 10.6. The molecule has 2 heterocycles. The fourth-order valence-corrected chi connectivity index (χ4v) is 2.02. The van der Waals surface area contributed by atoms with E-state index in [4.69, 9.17) is 9.52 Å². The summed E-state index contributed by atoms with van der Waals surface area (Å²) in [6.07, 6.45) is 1.79. The molecule has 2 aromatic heterocycles. The van der Waals surface area contributed by atoms with E-state index in [1.807, 2.05) is 0 Å². The van der Waals surface area contributed by atoms with Gasteiger partial charge in [0.25, 0.3) is 5.91 Å². The van der Waals surface area contributed by atoms with Gasteiger partial charge in [-0.25, -0.2) is 4.79 Å². The number of furan rings is 1. The number of carbonyl (C=O) groups is 2. The highest BCUT2D eigenvalue weighted by Crippen LogP contribution is 2.17. The third kappa shape index (κ3) is 2.59. The van der Waals surface area contributed by atoms with Gasteiger partial charge in [0.1, 0.15) is 22.8 Å². The minimum Gasteiger partial charge on any atom is -0.478 e. The summed E-state index contributed by atoms with van der Waals surface area (Å²) in [6, 6.07) is 4.97. The van der Waals surface area contributed by atoms with Crippen LogP contribution >= 0.6 is 0 Å². The van der Waals surface area contributed by atoms with Crippen LogP contribution in [0.4, 0.5) is 0 Å². The third-order valence-corrected chi connectivity index (χ3v) is 3.10. The molecule has 0 radical (unpaired) electrons. The lowest BCUT2D eigenvalue weighted by Crippen LogP contribution is -2.27. The molecule has 0 saturated heterocycles. The van der Waals surface area contributed by atoms with Crippen molar-refractivity contribution in [1.29, 1.82) is 0 Å². The van der Waals surface area contributed by atoms with Crippen molar-refractivity contribution in [1.82, 2.24) is 9.47 Å². The molecule has 0 aliphatic carbocycles. The van der Waals surface area contributed by atoms with Crippen LogP contribution in [0.15, 0.2) is 28.8 Å². The summed E-state index contributed by atoms with van der Waals surface area (Å²) in [5.74, 6) is -0.394. The Hall–Kier alpha value is -2.50. The molecule has 2 rings (SSSR count). The van der Waals surface area contributed by atoms with Crippen LogP contribution in [0.1, 0.15) is 32.4 Å². The van der Waals surface area contributed by atoms with Crippen LogP contribution in [-0.2, 0) is 13.6 Å². The molecule has 0 spiro atoms. The van der Waals surface area contributed by atoms with E-state index in [0.717, 1.165) is 0 Å². The van der Waals surface area contributed by atoms with Gasteiger partial charge < -0.3 is 19.0 Å². The van der Waals surface area contributed by atoms with Gasteiger partial charge >= 0.3 is 5.97 Å². The standard InChI is InChI=1S/C14H16N2O4/c1-9-11(14(18)19)7-10(20-9)8-16(3)13(17)12-5-4-6-15(12)2/h4-7H,8H2,1-3H3,(H,18,19). The maximum Gasteiger partial charge on any atom is 0.339 e. The Morgan fingerprint density at radius 1 is 1.45 bits per heavy atom. The number of aromatic carboxylic acids is 1. The van der Waals surface area contributed by atoms with E-state index in [9.17, 15) is 9.59 Å². The average Bonchev–Trinajstić information content (AvgIpc) is 2.94. The topological polar surface area (TPSA) is 75.7 Å². The molecular formula is C14H16N2O4. The summed E-state index contributed by atoms with van der Waals surface area (Å²) in [5, 5.41) is 8.97. The fraction of sp³-hybridized carbons (Fsp3) is 0.286. The van der Waals surface area contributed by atoms with Crippen molar-refractivity contribution < 1.29 is 19.1 Å². The Morgan fingerprint density at radius 2 is 2.15 bits per heavy atom. The fourth-order valence-electron chi connectivity index (χ4n) is 2.02. The molecule has 2 aromatic rings. The number of aromatic nitrogens is 1. The lowest BCUT2D eigenvalue weighted by atomic mass is 10.2. The van der Waals surface area contributed by atoms with Crippen molar-refractivity contribution >= 4 is 11.9 Å². The summed E-state index contributed by atoms with van der Waals surface area (Å²) in [7, 11) is 3.44. The first-order valence-electron chi connectivity index (χ1n) is 6.09. The first kappa shape index (κ1) is 13.9. The van der Waals surface area contributed by atoms with Crippen molar-refractivity contribution in [2.24, 2.45) is 7.05 Å². The molecule has 1 N–H and O–H groups in total. The molecule has 6 nitrogen and oxygen atoms in total. The average molecular weight is 276 g/mol. The Bertz CT molecular complexity index is 654. The predicted molar refractivity (Wildman–Crippen MR) is 71.6 cm³/mol. The summed E-state index contributed by atoms with van der Waals surface area (Å²) in [5.41, 5.74) is 0.689. The zero-order valence-corrected chi connectivity index (χ0v) is 11.6. The van der Waals surface area contributed by atoms with Gasteiger partial charge in [-0.15, -0.1) is 0 Å². The van der Waals surface area contributed by atoms with Crippen LogP contribution in [-0.4, -0.2) is 33.5 Å². The second-order valence-corrected chi connectivity index (χ2v) is 4.65. The van der Waals surface area contributed by atoms with Gasteiger partial charge in [-0.2, -0.15) is 0 Å². The minimum absolute atomic E-state index is 0.125. The summed E-state index contributed by atoms with van der Waals surface area (Å²) >= 11 is 0. The van der Waals surface area contributed by atoms with Crippen LogP contribution in [0.5, 0.6) is 0 Å². The van der Waals surface area contributed by atoms with Gasteiger partial charge in [0.2, 0.25) is 0 Å². The molecule has 1 amide bonds. The van der Waals surface area contributed by atoms with Crippen molar-refractivity contribution in [3.05, 3.63) is 47.2 Å². The van der Waals surface area contributed by atoms with Gasteiger partial charge in [0.05, 0.1) is 6.54 Å². The van der Waals surface area contributed by atoms with Crippen LogP contribution in [0.2, 0.25) is 0 Å². The molecule has 106 valence electrons. The maximum absolute atomic E-state index is 12.2. The molecule has 20 heavy (non-hydrogen) atoms. The highest BCUT2D eigenvalue weighted by Gasteiger charge is 2.18. The molecule has 0 unspecified atom stereocenters. The molecular weight excluding hydrogens is 260 g/mol. The molecule has 0 aromatic carbocycles.